The first kappa shape index (κ1) is 28.5. The van der Waals surface area contributed by atoms with E-state index in [9.17, 15) is 9.59 Å². The Bertz CT molecular complexity index is 1220. The Morgan fingerprint density at radius 1 is 0.763 bits per heavy atom. The number of unbranched alkanes of at least 4 members (excludes halogenated alkanes) is 4. The summed E-state index contributed by atoms with van der Waals surface area (Å²) in [7, 11) is 3.96. The molecular formula is C33H37NO4. The number of esters is 1. The summed E-state index contributed by atoms with van der Waals surface area (Å²) < 4.78 is 11.2. The molecule has 0 heterocycles. The quantitative estimate of drug-likeness (QED) is 0.0733. The molecule has 0 saturated carbocycles. The molecule has 0 aliphatic rings. The minimum Gasteiger partial charge on any atom is -0.494 e. The molecule has 0 saturated heterocycles. The van der Waals surface area contributed by atoms with E-state index in [1.165, 1.54) is 37.8 Å². The van der Waals surface area contributed by atoms with Gasteiger partial charge in [0, 0.05) is 31.4 Å². The van der Waals surface area contributed by atoms with E-state index in [1.54, 1.807) is 36.4 Å². The zero-order chi connectivity index (χ0) is 27.2. The minimum atomic E-state index is -0.515. The van der Waals surface area contributed by atoms with Crippen molar-refractivity contribution < 1.29 is 19.1 Å². The van der Waals surface area contributed by atoms with Gasteiger partial charge in [-0.2, -0.15) is 0 Å². The van der Waals surface area contributed by atoms with Gasteiger partial charge in [0.05, 0.1) is 6.61 Å². The van der Waals surface area contributed by atoms with E-state index in [0.29, 0.717) is 17.9 Å². The molecule has 3 rings (SSSR count). The predicted octanol–water partition coefficient (Wildman–Crippen LogP) is 7.62. The van der Waals surface area contributed by atoms with Gasteiger partial charge in [-0.05, 0) is 66.1 Å². The third kappa shape index (κ3) is 9.74. The van der Waals surface area contributed by atoms with E-state index in [4.69, 9.17) is 9.47 Å². The van der Waals surface area contributed by atoms with Gasteiger partial charge in [0.2, 0.25) is 0 Å². The summed E-state index contributed by atoms with van der Waals surface area (Å²) in [6.07, 6.45) is 12.4. The third-order valence-corrected chi connectivity index (χ3v) is 5.98. The molecule has 5 heteroatoms. The van der Waals surface area contributed by atoms with E-state index in [2.05, 4.69) is 6.92 Å². The Hall–Kier alpha value is -4.12. The standard InChI is InChI=1S/C33H37NO4/c1-4-5-6-7-8-24-37-30-20-14-27(15-21-30)17-23-33(36)38-31-11-9-10-28(25-31)32(35)22-16-26-12-18-29(19-13-26)34(2)3/h9-23,25H,4-8,24H2,1-3H3/b22-16+,23-17+. The van der Waals surface area contributed by atoms with Gasteiger partial charge in [0.25, 0.3) is 0 Å². The number of rotatable bonds is 14. The summed E-state index contributed by atoms with van der Waals surface area (Å²) in [5.74, 6) is 0.454. The van der Waals surface area contributed by atoms with Crippen LogP contribution in [0.2, 0.25) is 0 Å². The number of hydrogen-bond donors (Lipinski definition) is 0. The van der Waals surface area contributed by atoms with Gasteiger partial charge >= 0.3 is 5.97 Å². The maximum absolute atomic E-state index is 12.6. The molecule has 0 aliphatic carbocycles. The van der Waals surface area contributed by atoms with Crippen LogP contribution in [0, 0.1) is 0 Å². The van der Waals surface area contributed by atoms with Crippen molar-refractivity contribution in [2.24, 2.45) is 0 Å². The second kappa shape index (κ2) is 15.2. The molecule has 38 heavy (non-hydrogen) atoms. The second-order valence-electron chi connectivity index (χ2n) is 9.30. The highest BCUT2D eigenvalue weighted by Gasteiger charge is 2.06. The molecule has 0 fully saturated rings. The smallest absolute Gasteiger partial charge is 0.336 e. The number of ether oxygens (including phenoxy) is 2. The molecular weight excluding hydrogens is 474 g/mol. The van der Waals surface area contributed by atoms with E-state index in [-0.39, 0.29) is 5.78 Å². The summed E-state index contributed by atoms with van der Waals surface area (Å²) in [6, 6.07) is 22.1. The van der Waals surface area contributed by atoms with Gasteiger partial charge in [0.15, 0.2) is 5.78 Å². The van der Waals surface area contributed by atoms with Crippen LogP contribution in [0.1, 0.15) is 60.5 Å². The molecule has 0 aliphatic heterocycles. The Morgan fingerprint density at radius 3 is 2.11 bits per heavy atom. The first-order valence-electron chi connectivity index (χ1n) is 13.2. The van der Waals surface area contributed by atoms with Crippen LogP contribution in [-0.2, 0) is 4.79 Å². The lowest BCUT2D eigenvalue weighted by molar-refractivity contribution is -0.128. The van der Waals surface area contributed by atoms with E-state index < -0.39 is 5.97 Å². The number of nitrogens with zero attached hydrogens (tertiary/aromatic N) is 1. The molecule has 0 atom stereocenters. The van der Waals surface area contributed by atoms with Crippen molar-refractivity contribution in [3.8, 4) is 11.5 Å². The fraction of sp³-hybridized carbons (Fsp3) is 0.273. The number of allylic oxidation sites excluding steroid dienone is 1. The van der Waals surface area contributed by atoms with Crippen molar-refractivity contribution >= 4 is 29.6 Å². The molecule has 0 bridgehead atoms. The average Bonchev–Trinajstić information content (AvgIpc) is 2.93. The molecule has 198 valence electrons. The summed E-state index contributed by atoms with van der Waals surface area (Å²) >= 11 is 0. The predicted molar refractivity (Wildman–Crippen MR) is 156 cm³/mol. The van der Waals surface area contributed by atoms with Crippen LogP contribution in [0.25, 0.3) is 12.2 Å². The lowest BCUT2D eigenvalue weighted by Gasteiger charge is -2.11. The number of benzene rings is 3. The second-order valence-corrected chi connectivity index (χ2v) is 9.30. The molecule has 0 aromatic heterocycles. The Morgan fingerprint density at radius 2 is 1.42 bits per heavy atom. The van der Waals surface area contributed by atoms with Crippen LogP contribution >= 0.6 is 0 Å². The first-order valence-corrected chi connectivity index (χ1v) is 13.2. The molecule has 3 aromatic rings. The number of carbonyl (C=O) groups is 2. The van der Waals surface area contributed by atoms with Gasteiger partial charge in [-0.1, -0.05) is 75.1 Å². The highest BCUT2D eigenvalue weighted by atomic mass is 16.5. The molecule has 3 aromatic carbocycles. The summed E-state index contributed by atoms with van der Waals surface area (Å²) in [6.45, 7) is 2.92. The Kier molecular flexibility index (Phi) is 11.4. The van der Waals surface area contributed by atoms with Crippen LogP contribution in [0.15, 0.2) is 84.9 Å². The van der Waals surface area contributed by atoms with E-state index in [0.717, 1.165) is 29.0 Å². The topological polar surface area (TPSA) is 55.8 Å². The van der Waals surface area contributed by atoms with Crippen LogP contribution in [-0.4, -0.2) is 32.5 Å². The fourth-order valence-corrected chi connectivity index (χ4v) is 3.75. The first-order chi connectivity index (χ1) is 18.4. The number of hydrogen-bond acceptors (Lipinski definition) is 5. The monoisotopic (exact) mass is 511 g/mol. The van der Waals surface area contributed by atoms with Crippen molar-refractivity contribution in [2.45, 2.75) is 39.0 Å². The van der Waals surface area contributed by atoms with E-state index in [1.807, 2.05) is 67.5 Å². The van der Waals surface area contributed by atoms with Crippen LogP contribution < -0.4 is 14.4 Å². The van der Waals surface area contributed by atoms with Gasteiger partial charge in [-0.25, -0.2) is 4.79 Å². The van der Waals surface area contributed by atoms with Crippen molar-refractivity contribution in [2.75, 3.05) is 25.6 Å². The average molecular weight is 512 g/mol. The molecule has 0 unspecified atom stereocenters. The molecule has 0 amide bonds. The number of ketones is 1. The maximum atomic E-state index is 12.6. The SMILES string of the molecule is CCCCCCCOc1ccc(/C=C/C(=O)Oc2cccc(C(=O)/C=C/c3ccc(N(C)C)cc3)c2)cc1. The summed E-state index contributed by atoms with van der Waals surface area (Å²) in [5, 5.41) is 0. The van der Waals surface area contributed by atoms with Crippen LogP contribution in [0.3, 0.4) is 0 Å². The lowest BCUT2D eigenvalue weighted by Crippen LogP contribution is -2.07. The maximum Gasteiger partial charge on any atom is 0.336 e. The molecule has 0 N–H and O–H groups in total. The number of anilines is 1. The zero-order valence-electron chi connectivity index (χ0n) is 22.6. The Balaban J connectivity index is 1.49. The van der Waals surface area contributed by atoms with Crippen molar-refractivity contribution in [1.29, 1.82) is 0 Å². The van der Waals surface area contributed by atoms with Crippen molar-refractivity contribution in [3.05, 3.63) is 102 Å². The zero-order valence-corrected chi connectivity index (χ0v) is 22.6. The van der Waals surface area contributed by atoms with Crippen molar-refractivity contribution in [3.63, 3.8) is 0 Å². The molecule has 0 radical (unpaired) electrons. The molecule has 0 spiro atoms. The van der Waals surface area contributed by atoms with Gasteiger partial charge in [-0.3, -0.25) is 4.79 Å². The van der Waals surface area contributed by atoms with Crippen LogP contribution in [0.5, 0.6) is 11.5 Å². The highest BCUT2D eigenvalue weighted by Crippen LogP contribution is 2.18. The summed E-state index contributed by atoms with van der Waals surface area (Å²) in [5.41, 5.74) is 3.33. The molecule has 5 nitrogen and oxygen atoms in total. The van der Waals surface area contributed by atoms with Crippen molar-refractivity contribution in [1.82, 2.24) is 0 Å². The normalized spacial score (nSPS) is 11.1. The van der Waals surface area contributed by atoms with Gasteiger partial charge < -0.3 is 14.4 Å². The highest BCUT2D eigenvalue weighted by molar-refractivity contribution is 6.07. The summed E-state index contributed by atoms with van der Waals surface area (Å²) in [4.78, 5) is 27.0. The van der Waals surface area contributed by atoms with Gasteiger partial charge in [-0.15, -0.1) is 0 Å². The minimum absolute atomic E-state index is 0.168. The Labute approximate surface area is 226 Å². The van der Waals surface area contributed by atoms with E-state index >= 15 is 0 Å². The van der Waals surface area contributed by atoms with Crippen LogP contribution in [0.4, 0.5) is 5.69 Å². The van der Waals surface area contributed by atoms with Gasteiger partial charge in [0.1, 0.15) is 11.5 Å². The largest absolute Gasteiger partial charge is 0.494 e. The fourth-order valence-electron chi connectivity index (χ4n) is 3.75. The number of carbonyl (C=O) groups excluding carboxylic acids is 2. The lowest BCUT2D eigenvalue weighted by atomic mass is 10.1. The third-order valence-electron chi connectivity index (χ3n) is 5.98.